The van der Waals surface area contributed by atoms with Crippen LogP contribution in [0.4, 0.5) is 11.9 Å². The molecule has 29 nitrogen and oxygen atoms in total. The maximum absolute atomic E-state index is 13.0. The van der Waals surface area contributed by atoms with Crippen LogP contribution in [-0.4, -0.2) is 133 Å². The zero-order valence-electron chi connectivity index (χ0n) is 29.5. The van der Waals surface area contributed by atoms with Crippen LogP contribution < -0.4 is 27.2 Å². The largest absolute Gasteiger partial charge is 0.490 e. The number of aromatic nitrogens is 8. The van der Waals surface area contributed by atoms with Crippen molar-refractivity contribution in [1.29, 1.82) is 0 Å². The lowest BCUT2D eigenvalue weighted by atomic mass is 10.0. The van der Waals surface area contributed by atoms with E-state index >= 15 is 0 Å². The van der Waals surface area contributed by atoms with E-state index in [0.29, 0.717) is 0 Å². The minimum absolute atomic E-state index is 0.0495. The van der Waals surface area contributed by atoms with E-state index in [4.69, 9.17) is 30.2 Å². The lowest BCUT2D eigenvalue weighted by Crippen LogP contribution is -2.56. The van der Waals surface area contributed by atoms with Crippen LogP contribution in [0.3, 0.4) is 0 Å². The number of aliphatic hydroxyl groups excluding tert-OH is 2. The number of carbonyl (C=O) groups excluding carboxylic acids is 1. The number of aromatic amines is 2. The maximum Gasteiger partial charge on any atom is 0.490 e. The number of ether oxygens (including phenoxy) is 3. The van der Waals surface area contributed by atoms with Crippen molar-refractivity contribution in [2.75, 3.05) is 38.3 Å². The molecule has 0 radical (unpaired) electrons. The molecule has 3 aliphatic heterocycles. The van der Waals surface area contributed by atoms with Gasteiger partial charge in [-0.3, -0.25) is 42.5 Å². The Bertz CT molecular complexity index is 2530. The van der Waals surface area contributed by atoms with Crippen molar-refractivity contribution in [3.63, 3.8) is 0 Å². The first kappa shape index (κ1) is 41.2. The number of amides is 1. The van der Waals surface area contributed by atoms with Crippen molar-refractivity contribution in [2.24, 2.45) is 7.05 Å². The van der Waals surface area contributed by atoms with E-state index in [1.807, 2.05) is 0 Å². The number of nitrogens with one attached hydrogen (secondary N) is 2. The SMILES string of the molecule is CO[C@@H]1C2[C@H]([n+]3cn(C)c4c(=O)[nH]c(N)nc43)O[C@@]1(COP(=O)(O)OP(=O)(O)OP(=O)(O)OC[C@H]1O[C@@H](n3cnc4c(=O)[nH]c(N)nc43)[C@@H](O)C1O)CN2C(C)=O. The summed E-state index contributed by atoms with van der Waals surface area (Å²) in [6.07, 6.45) is -6.47. The van der Waals surface area contributed by atoms with Crippen molar-refractivity contribution in [2.45, 2.75) is 55.4 Å². The number of phosphoric acid groups is 3. The fourth-order valence-corrected chi connectivity index (χ4v) is 10.7. The number of likely N-dealkylation sites (tertiary alicyclic amines) is 1. The van der Waals surface area contributed by atoms with Gasteiger partial charge in [0.05, 0.1) is 33.1 Å². The van der Waals surface area contributed by atoms with Gasteiger partial charge in [0.25, 0.3) is 17.1 Å². The molecule has 11 N–H and O–H groups in total. The number of carbonyl (C=O) groups is 1. The molecule has 3 aliphatic rings. The normalized spacial score (nSPS) is 30.5. The quantitative estimate of drug-likeness (QED) is 0.0462. The molecule has 2 bridgehead atoms. The second-order valence-corrected chi connectivity index (χ2v) is 17.7. The molecule has 4 aromatic heterocycles. The molecule has 32 heteroatoms. The number of fused-ring (bicyclic) bond motifs is 4. The van der Waals surface area contributed by atoms with Crippen LogP contribution in [0.2, 0.25) is 0 Å². The van der Waals surface area contributed by atoms with Crippen molar-refractivity contribution in [1.82, 2.24) is 39.0 Å². The summed E-state index contributed by atoms with van der Waals surface area (Å²) in [7, 11) is -14.7. The third kappa shape index (κ3) is 7.45. The molecule has 0 aliphatic carbocycles. The number of aryl methyl sites for hydroxylation is 1. The van der Waals surface area contributed by atoms with Gasteiger partial charge in [-0.25, -0.2) is 23.2 Å². The highest BCUT2D eigenvalue weighted by molar-refractivity contribution is 7.66. The minimum Gasteiger partial charge on any atom is -0.387 e. The average molecular weight is 871 g/mol. The van der Waals surface area contributed by atoms with E-state index in [2.05, 4.69) is 38.1 Å². The van der Waals surface area contributed by atoms with E-state index in [1.54, 1.807) is 0 Å². The number of aliphatic hydroxyl groups is 2. The Balaban J connectivity index is 1.02. The second-order valence-electron chi connectivity index (χ2n) is 13.1. The van der Waals surface area contributed by atoms with Crippen molar-refractivity contribution < 1.29 is 79.8 Å². The number of hydrogen-bond acceptors (Lipinski definition) is 20. The Morgan fingerprint density at radius 3 is 2.35 bits per heavy atom. The number of imidazole rings is 2. The molecule has 0 aromatic carbocycles. The zero-order valence-corrected chi connectivity index (χ0v) is 32.2. The first-order valence-electron chi connectivity index (χ1n) is 16.2. The molecule has 4 aromatic rings. The van der Waals surface area contributed by atoms with Crippen LogP contribution in [0.5, 0.6) is 0 Å². The highest BCUT2D eigenvalue weighted by Crippen LogP contribution is 2.68. The van der Waals surface area contributed by atoms with Gasteiger partial charge in [-0.1, -0.05) is 4.98 Å². The molecule has 3 saturated heterocycles. The molecule has 312 valence electrons. The summed E-state index contributed by atoms with van der Waals surface area (Å²) in [6.45, 7) is -1.09. The highest BCUT2D eigenvalue weighted by atomic mass is 31.3. The summed E-state index contributed by atoms with van der Waals surface area (Å²) < 4.78 is 77.8. The van der Waals surface area contributed by atoms with E-state index in [1.165, 1.54) is 41.4 Å². The predicted octanol–water partition coefficient (Wildman–Crippen LogP) is -3.65. The van der Waals surface area contributed by atoms with Gasteiger partial charge in [-0.2, -0.15) is 13.6 Å². The first-order valence-corrected chi connectivity index (χ1v) is 20.7. The Labute approximate surface area is 316 Å². The summed E-state index contributed by atoms with van der Waals surface area (Å²) in [5, 5.41) is 21.1. The van der Waals surface area contributed by atoms with Gasteiger partial charge in [-0.15, -0.1) is 0 Å². The first-order chi connectivity index (χ1) is 26.6. The lowest BCUT2D eigenvalue weighted by molar-refractivity contribution is -0.747. The fourth-order valence-electron chi connectivity index (χ4n) is 7.10. The average Bonchev–Trinajstić information content (AvgIpc) is 3.88. The van der Waals surface area contributed by atoms with Crippen LogP contribution in [0.1, 0.15) is 19.4 Å². The summed E-state index contributed by atoms with van der Waals surface area (Å²) in [6, 6.07) is -0.949. The molecule has 0 spiro atoms. The minimum atomic E-state index is -6.03. The Hall–Kier alpha value is -4.02. The topological polar surface area (TPSA) is 407 Å². The van der Waals surface area contributed by atoms with Crippen LogP contribution in [0.25, 0.3) is 22.3 Å². The summed E-state index contributed by atoms with van der Waals surface area (Å²) in [4.78, 5) is 86.3. The molecular formula is C25H35N11O18P3+. The summed E-state index contributed by atoms with van der Waals surface area (Å²) in [5.41, 5.74) is 8.06. The van der Waals surface area contributed by atoms with E-state index in [0.717, 1.165) is 10.9 Å². The van der Waals surface area contributed by atoms with Gasteiger partial charge in [-0.05, 0) is 0 Å². The number of phosphoric ester groups is 2. The number of H-pyrrole nitrogens is 2. The Morgan fingerprint density at radius 1 is 1.04 bits per heavy atom. The number of nitrogens with zero attached hydrogens (tertiary/aromatic N) is 7. The molecule has 3 fully saturated rings. The van der Waals surface area contributed by atoms with Crippen molar-refractivity contribution in [3.05, 3.63) is 33.4 Å². The summed E-state index contributed by atoms with van der Waals surface area (Å²) >= 11 is 0. The number of nitrogen functional groups attached to an aromatic ring is 2. The van der Waals surface area contributed by atoms with Gasteiger partial charge < -0.3 is 55.5 Å². The molecule has 5 unspecified atom stereocenters. The third-order valence-electron chi connectivity index (χ3n) is 9.35. The fraction of sp³-hybridized carbons (Fsp3) is 0.560. The Kier molecular flexibility index (Phi) is 10.4. The number of anilines is 2. The van der Waals surface area contributed by atoms with Crippen LogP contribution in [-0.2, 0) is 57.4 Å². The molecule has 11 atom stereocenters. The van der Waals surface area contributed by atoms with Gasteiger partial charge in [0.15, 0.2) is 23.7 Å². The van der Waals surface area contributed by atoms with E-state index < -0.39 is 102 Å². The number of nitrogens with two attached hydrogens (primary N) is 2. The second kappa shape index (κ2) is 14.4. The number of rotatable bonds is 13. The van der Waals surface area contributed by atoms with E-state index in [9.17, 15) is 53.0 Å². The predicted molar refractivity (Wildman–Crippen MR) is 183 cm³/mol. The standard InChI is InChI=1S/C25H34N11O18P3/c1-9(37)34-5-25(16(48-3)12(34)21(52-25)36-8-33(2)13-18(36)30-24(27)32-20(13)41)6-50-56(44,45)54-57(46,47)53-55(42,43)49-4-10-14(38)15(39)22(51-10)35-7-28-11-17(35)29-23(26)31-19(11)40/h7-8,10,12,14-16,21-22,38-39H,4-6H2,1-3H3,(H8-,26,27,29,30,31,32,40,41,42,43,44,45,46,47)/p+1/t10-,12?,14?,15+,16-,21-,22-,25-/m1/s1. The van der Waals surface area contributed by atoms with Gasteiger partial charge in [0, 0.05) is 14.0 Å². The molecule has 1 amide bonds. The lowest BCUT2D eigenvalue weighted by Gasteiger charge is -2.35. The molecule has 7 heterocycles. The smallest absolute Gasteiger partial charge is 0.387 e. The van der Waals surface area contributed by atoms with Crippen LogP contribution >= 0.6 is 23.5 Å². The molecular weight excluding hydrogens is 835 g/mol. The Morgan fingerprint density at radius 2 is 1.68 bits per heavy atom. The van der Waals surface area contributed by atoms with Crippen molar-refractivity contribution >= 4 is 63.6 Å². The number of morpholine rings is 1. The summed E-state index contributed by atoms with van der Waals surface area (Å²) in [5.74, 6) is -1.01. The van der Waals surface area contributed by atoms with Gasteiger partial charge in [0.2, 0.25) is 23.6 Å². The van der Waals surface area contributed by atoms with Crippen molar-refractivity contribution in [3.8, 4) is 0 Å². The van der Waals surface area contributed by atoms with Gasteiger partial charge in [0.1, 0.15) is 36.1 Å². The third-order valence-corrected chi connectivity index (χ3v) is 13.6. The maximum atomic E-state index is 13.0. The number of hydrogen-bond donors (Lipinski definition) is 9. The zero-order chi connectivity index (χ0) is 41.6. The van der Waals surface area contributed by atoms with E-state index in [-0.39, 0.29) is 40.8 Å². The number of methoxy groups -OCH3 is 1. The van der Waals surface area contributed by atoms with Crippen LogP contribution in [0, 0.1) is 0 Å². The monoisotopic (exact) mass is 870 g/mol. The molecule has 7 rings (SSSR count). The highest BCUT2D eigenvalue weighted by Gasteiger charge is 2.68. The van der Waals surface area contributed by atoms with Gasteiger partial charge >= 0.3 is 29.1 Å². The molecule has 0 saturated carbocycles. The van der Waals surface area contributed by atoms with Crippen LogP contribution in [0.15, 0.2) is 22.2 Å². The molecule has 57 heavy (non-hydrogen) atoms.